The maximum Gasteiger partial charge on any atom is 0.412 e. The fourth-order valence-corrected chi connectivity index (χ4v) is 10.5. The fourth-order valence-electron chi connectivity index (χ4n) is 8.96. The second-order valence-corrected chi connectivity index (χ2v) is 24.0. The van der Waals surface area contributed by atoms with Crippen LogP contribution in [0.2, 0.25) is 23.2 Å². The van der Waals surface area contributed by atoms with E-state index in [0.717, 1.165) is 85.2 Å². The maximum absolute atomic E-state index is 13.5. The van der Waals surface area contributed by atoms with Crippen molar-refractivity contribution in [3.63, 3.8) is 0 Å². The summed E-state index contributed by atoms with van der Waals surface area (Å²) in [6, 6.07) is 26.2. The number of fused-ring (bicyclic) bond motifs is 4. The molecule has 0 spiro atoms. The van der Waals surface area contributed by atoms with Crippen LogP contribution in [0.5, 0.6) is 11.5 Å². The molecule has 3 fully saturated rings. The first-order valence-corrected chi connectivity index (χ1v) is 25.6. The van der Waals surface area contributed by atoms with Crippen molar-refractivity contribution in [1.29, 1.82) is 0 Å². The highest BCUT2D eigenvalue weighted by atomic mass is 35.5. The van der Waals surface area contributed by atoms with Crippen molar-refractivity contribution in [2.24, 2.45) is 0 Å². The number of carbonyl (C=O) groups is 2. The van der Waals surface area contributed by atoms with Gasteiger partial charge in [0.05, 0.1) is 40.5 Å². The molecular weight excluding hydrogens is 846 g/mol. The van der Waals surface area contributed by atoms with Crippen molar-refractivity contribution in [1.82, 2.24) is 20.5 Å². The number of ether oxygens (including phenoxy) is 1. The number of phenolic OH excluding ortho intramolecular Hbond substituents is 1. The van der Waals surface area contributed by atoms with E-state index in [9.17, 15) is 24.6 Å². The standard InChI is InChI=1S/C50H62ClN5O7Si/c1-49(2,3)64(5,6)63-44(37-17-19-42(57)46-38(37)18-20-45(58)54-46)32-52-31-35-29-40(51)39(30-43(35)62-4)47(59)53-24-11-10-12-33-15-16-36(34-13-8-7-9-14-34)41(28-33)56(48(60)61)50-21-25-55(26-22-50)27-23-50/h7-9,13-20,28-30,44,52,57H,10-12,21-27,31-32H2,1-6H3,(H,53,59)(H,54,58)(H,60,61)/t44-/m1/s1. The smallest absolute Gasteiger partial charge is 0.412 e. The van der Waals surface area contributed by atoms with E-state index in [-0.39, 0.29) is 22.3 Å². The minimum atomic E-state index is -2.29. The van der Waals surface area contributed by atoms with Gasteiger partial charge in [0.25, 0.3) is 5.91 Å². The molecule has 1 atom stereocenters. The van der Waals surface area contributed by atoms with Crippen LogP contribution in [-0.4, -0.2) is 85.8 Å². The van der Waals surface area contributed by atoms with Crippen LogP contribution in [0.4, 0.5) is 10.5 Å². The Morgan fingerprint density at radius 3 is 2.36 bits per heavy atom. The highest BCUT2D eigenvalue weighted by Crippen LogP contribution is 2.44. The topological polar surface area (TPSA) is 156 Å². The first-order chi connectivity index (χ1) is 30.5. The largest absolute Gasteiger partial charge is 0.506 e. The SMILES string of the molecule is COc1cc(C(=O)NCCCCc2ccc(-c3ccccc3)c(N(C(=O)O)C34CCN(CC3)CC4)c2)c(Cl)cc1CNC[C@@H](O[Si](C)(C)C(C)(C)C)c1ccc(O)c2[nH]c(=O)ccc12. The number of amides is 2. The molecule has 8 rings (SSSR count). The Bertz CT molecular complexity index is 2520. The number of hydrogen-bond acceptors (Lipinski definition) is 8. The molecule has 4 heterocycles. The zero-order valence-corrected chi connectivity index (χ0v) is 39.6. The number of carbonyl (C=O) groups excluding carboxylic acids is 1. The first kappa shape index (κ1) is 46.8. The second kappa shape index (κ2) is 19.5. The van der Waals surface area contributed by atoms with Crippen LogP contribution < -0.4 is 25.8 Å². The summed E-state index contributed by atoms with van der Waals surface area (Å²) in [5.74, 6) is 0.204. The van der Waals surface area contributed by atoms with Gasteiger partial charge >= 0.3 is 6.09 Å². The van der Waals surface area contributed by atoms with Crippen LogP contribution in [-0.2, 0) is 17.4 Å². The number of aromatic amines is 1. The van der Waals surface area contributed by atoms with E-state index in [2.05, 4.69) is 72.6 Å². The van der Waals surface area contributed by atoms with Crippen molar-refractivity contribution in [2.75, 3.05) is 44.7 Å². The van der Waals surface area contributed by atoms with Gasteiger partial charge in [-0.3, -0.25) is 14.5 Å². The van der Waals surface area contributed by atoms with Gasteiger partial charge in [0.15, 0.2) is 8.32 Å². The van der Waals surface area contributed by atoms with E-state index < -0.39 is 26.1 Å². The number of H-pyrrole nitrogens is 1. The number of unbranched alkanes of at least 4 members (excludes halogenated alkanes) is 1. The number of aryl methyl sites for hydroxylation is 1. The number of nitrogens with one attached hydrogen (secondary N) is 3. The molecule has 1 aromatic heterocycles. The summed E-state index contributed by atoms with van der Waals surface area (Å²) < 4.78 is 12.7. The lowest BCUT2D eigenvalue weighted by Crippen LogP contribution is -2.62. The molecule has 14 heteroatoms. The van der Waals surface area contributed by atoms with E-state index >= 15 is 0 Å². The fraction of sp³-hybridized carbons (Fsp3) is 0.420. The number of benzene rings is 4. The lowest BCUT2D eigenvalue weighted by atomic mass is 9.78. The Morgan fingerprint density at radius 2 is 1.69 bits per heavy atom. The molecule has 0 saturated carbocycles. The van der Waals surface area contributed by atoms with Crippen LogP contribution in [0.1, 0.15) is 86.0 Å². The van der Waals surface area contributed by atoms with Crippen LogP contribution in [0.15, 0.2) is 89.7 Å². The van der Waals surface area contributed by atoms with Crippen molar-refractivity contribution in [3.8, 4) is 22.6 Å². The Labute approximate surface area is 382 Å². The van der Waals surface area contributed by atoms with Gasteiger partial charge in [0.1, 0.15) is 11.5 Å². The average Bonchev–Trinajstić information content (AvgIpc) is 3.26. The normalized spacial score (nSPS) is 17.9. The van der Waals surface area contributed by atoms with E-state index in [1.807, 2.05) is 36.4 Å². The number of carboxylic acid groups (broad SMARTS) is 1. The predicted molar refractivity (Wildman–Crippen MR) is 258 cm³/mol. The van der Waals surface area contributed by atoms with Gasteiger partial charge in [-0.05, 0) is 104 Å². The summed E-state index contributed by atoms with van der Waals surface area (Å²) in [6.45, 7) is 14.9. The Kier molecular flexibility index (Phi) is 14.3. The highest BCUT2D eigenvalue weighted by molar-refractivity contribution is 6.74. The lowest BCUT2D eigenvalue weighted by molar-refractivity contribution is 0.0783. The van der Waals surface area contributed by atoms with Gasteiger partial charge in [0, 0.05) is 61.8 Å². The first-order valence-electron chi connectivity index (χ1n) is 22.3. The van der Waals surface area contributed by atoms with Crippen molar-refractivity contribution < 1.29 is 29.0 Å². The van der Waals surface area contributed by atoms with Crippen LogP contribution in [0.3, 0.4) is 0 Å². The summed E-state index contributed by atoms with van der Waals surface area (Å²) in [4.78, 5) is 45.6. The number of halogens is 1. The molecule has 5 aromatic rings. The Morgan fingerprint density at radius 1 is 0.969 bits per heavy atom. The van der Waals surface area contributed by atoms with Gasteiger partial charge in [-0.25, -0.2) is 4.79 Å². The van der Waals surface area contributed by atoms with Gasteiger partial charge in [-0.15, -0.1) is 0 Å². The highest BCUT2D eigenvalue weighted by Gasteiger charge is 2.47. The van der Waals surface area contributed by atoms with Crippen molar-refractivity contribution in [2.45, 2.75) is 95.6 Å². The predicted octanol–water partition coefficient (Wildman–Crippen LogP) is 9.89. The third-order valence-electron chi connectivity index (χ3n) is 13.7. The van der Waals surface area contributed by atoms with E-state index in [1.165, 1.54) is 6.07 Å². The van der Waals surface area contributed by atoms with Crippen molar-refractivity contribution >= 4 is 48.5 Å². The average molecular weight is 909 g/mol. The molecule has 64 heavy (non-hydrogen) atoms. The number of nitrogens with zero attached hydrogens (tertiary/aromatic N) is 2. The summed E-state index contributed by atoms with van der Waals surface area (Å²) in [5.41, 5.74) is 5.27. The summed E-state index contributed by atoms with van der Waals surface area (Å²) in [7, 11) is -0.731. The van der Waals surface area contributed by atoms with Gasteiger partial charge in [-0.1, -0.05) is 80.9 Å². The zero-order chi connectivity index (χ0) is 45.8. The van der Waals surface area contributed by atoms with Crippen molar-refractivity contribution in [3.05, 3.63) is 123 Å². The molecule has 3 saturated heterocycles. The Balaban J connectivity index is 0.993. The minimum absolute atomic E-state index is 0.0111. The summed E-state index contributed by atoms with van der Waals surface area (Å²) >= 11 is 6.78. The number of aromatic hydroxyl groups is 1. The van der Waals surface area contributed by atoms with Crippen LogP contribution in [0.25, 0.3) is 22.0 Å². The molecule has 3 aliphatic rings. The summed E-state index contributed by atoms with van der Waals surface area (Å²) in [6.07, 6.45) is 3.39. The molecule has 340 valence electrons. The van der Waals surface area contributed by atoms with Crippen LogP contribution >= 0.6 is 11.6 Å². The number of phenols is 1. The third kappa shape index (κ3) is 10.2. The quantitative estimate of drug-likeness (QED) is 0.0453. The molecular formula is C50H62ClN5O7Si. The number of hydrogen-bond donors (Lipinski definition) is 5. The molecule has 12 nitrogen and oxygen atoms in total. The Hall–Kier alpha value is -5.18. The van der Waals surface area contributed by atoms with E-state index in [0.29, 0.717) is 53.3 Å². The molecule has 5 N–H and O–H groups in total. The zero-order valence-electron chi connectivity index (χ0n) is 37.9. The lowest BCUT2D eigenvalue weighted by Gasteiger charge is -2.53. The molecule has 0 unspecified atom stereocenters. The summed E-state index contributed by atoms with van der Waals surface area (Å²) in [5, 5.41) is 28.8. The maximum atomic E-state index is 13.5. The van der Waals surface area contributed by atoms with Gasteiger partial charge < -0.3 is 39.9 Å². The van der Waals surface area contributed by atoms with Gasteiger partial charge in [-0.2, -0.15) is 0 Å². The van der Waals surface area contributed by atoms with E-state index in [4.69, 9.17) is 20.8 Å². The van der Waals surface area contributed by atoms with Crippen LogP contribution in [0, 0.1) is 0 Å². The molecule has 3 aliphatic heterocycles. The number of methoxy groups -OCH3 is 1. The number of aromatic nitrogens is 1. The molecule has 2 bridgehead atoms. The van der Waals surface area contributed by atoms with Gasteiger partial charge in [0.2, 0.25) is 5.56 Å². The van der Waals surface area contributed by atoms with E-state index in [1.54, 1.807) is 36.3 Å². The molecule has 4 aromatic carbocycles. The number of anilines is 1. The monoisotopic (exact) mass is 907 g/mol. The second-order valence-electron chi connectivity index (χ2n) is 18.8. The number of rotatable bonds is 17. The number of piperidine rings is 3. The molecule has 0 aliphatic carbocycles. The minimum Gasteiger partial charge on any atom is -0.506 e. The number of pyridine rings is 1. The molecule has 0 radical (unpaired) electrons. The third-order valence-corrected chi connectivity index (χ3v) is 18.5. The molecule has 2 amide bonds.